The van der Waals surface area contributed by atoms with Gasteiger partial charge in [0.05, 0.1) is 59.9 Å². The third-order valence-corrected chi connectivity index (χ3v) is 17.5. The lowest BCUT2D eigenvalue weighted by Crippen LogP contribution is -2.23. The summed E-state index contributed by atoms with van der Waals surface area (Å²) in [5.41, 5.74) is 7.86. The normalized spacial score (nSPS) is 18.8. The van der Waals surface area contributed by atoms with E-state index in [9.17, 15) is 24.3 Å². The number of benzene rings is 4. The Balaban J connectivity index is 0.000000348. The molecule has 4 aromatic carbocycles. The van der Waals surface area contributed by atoms with E-state index in [1.54, 1.807) is 60.7 Å². The van der Waals surface area contributed by atoms with Crippen LogP contribution in [0.15, 0.2) is 121 Å². The highest BCUT2D eigenvalue weighted by atomic mass is 28.3. The van der Waals surface area contributed by atoms with Gasteiger partial charge in [-0.3, -0.25) is 0 Å². The molecule has 472 valence electrons. The van der Waals surface area contributed by atoms with E-state index in [4.69, 9.17) is 38.6 Å². The SMILES string of the molecule is CC[C@@H](C)/C=C\C[C@H]1OC(C)(C)OC1C/C=C/c1cc(C)cc(C)c1C(=O)OCC[Si](C)(C)C.Cc1cc(C)c(C(=O)OCC[Si](C)(C)C)c(/C=C/CC2OC(C)(C)O[C@@H]2C/C=C\[C@H](C)CO)c1.O=C(O)c1ccccc1.O=C(O)c1ccccc1. The number of carboxylic acid groups (broad SMARTS) is 2. The Hall–Kier alpha value is -6.05. The molecule has 2 unspecified atom stereocenters. The molecule has 2 aliphatic rings. The highest BCUT2D eigenvalue weighted by Gasteiger charge is 2.41. The number of aryl methyl sites for hydroxylation is 4. The molecule has 6 rings (SSSR count). The predicted octanol–water partition coefficient (Wildman–Crippen LogP) is 16.8. The minimum atomic E-state index is -1.27. The van der Waals surface area contributed by atoms with Crippen molar-refractivity contribution in [3.63, 3.8) is 0 Å². The summed E-state index contributed by atoms with van der Waals surface area (Å²) in [4.78, 5) is 46.3. The number of carboxylic acids is 2. The zero-order valence-corrected chi connectivity index (χ0v) is 56.7. The van der Waals surface area contributed by atoms with Gasteiger partial charge in [0.15, 0.2) is 11.6 Å². The molecule has 4 aromatic rings. The summed E-state index contributed by atoms with van der Waals surface area (Å²) in [7, 11) is -2.52. The van der Waals surface area contributed by atoms with Gasteiger partial charge in [0, 0.05) is 22.8 Å². The van der Waals surface area contributed by atoms with E-state index < -0.39 is 39.7 Å². The number of esters is 2. The van der Waals surface area contributed by atoms with E-state index in [1.807, 2.05) is 91.8 Å². The molecule has 6 atom stereocenters. The third kappa shape index (κ3) is 28.2. The molecule has 0 bridgehead atoms. The molecular formula is C71H102O13Si2. The summed E-state index contributed by atoms with van der Waals surface area (Å²) in [6, 6.07) is 26.7. The number of hydrogen-bond donors (Lipinski definition) is 3. The highest BCUT2D eigenvalue weighted by Crippen LogP contribution is 2.34. The number of aliphatic hydroxyl groups excluding tert-OH is 1. The fourth-order valence-electron chi connectivity index (χ4n) is 9.39. The largest absolute Gasteiger partial charge is 0.478 e. The Morgan fingerprint density at radius 1 is 0.535 bits per heavy atom. The maximum atomic E-state index is 12.9. The molecule has 2 heterocycles. The van der Waals surface area contributed by atoms with Crippen LogP contribution in [-0.2, 0) is 28.4 Å². The zero-order valence-electron chi connectivity index (χ0n) is 54.7. The van der Waals surface area contributed by atoms with Crippen molar-refractivity contribution in [2.45, 2.75) is 196 Å². The summed E-state index contributed by atoms with van der Waals surface area (Å²) in [6.45, 7) is 37.0. The standard InChI is InChI=1S/C29H46O4Si.C28H44O5Si.2C7H6O2/c1-10-21(2)13-11-15-25-26(33-29(5,6)32-25)16-12-14-24-20-22(3)19-23(4)27(24)28(30)31-17-18-34(7,8)9;1-20(19-29)11-9-13-24-25(33-28(4,5)32-24)14-10-12-23-18-21(2)17-22(3)26(23)27(30)31-15-16-34(6,7)8;2*8-7(9)6-4-2-1-3-5-6/h11-14,19-21,25-26H,10,15-18H2,1-9H3;9-12,17-18,20,24-25,29H,13-16,19H2,1-8H3;2*1-5H,(H,8,9)/b13-11-,14-12+;11-9-,12-10+;;/t21-,25-,26?;20-,24+,25?;;/m10../s1. The van der Waals surface area contributed by atoms with Gasteiger partial charge < -0.3 is 43.7 Å². The van der Waals surface area contributed by atoms with E-state index in [0.29, 0.717) is 47.8 Å². The number of hydrogen-bond acceptors (Lipinski definition) is 11. The molecule has 0 amide bonds. The first-order chi connectivity index (χ1) is 40.2. The van der Waals surface area contributed by atoms with E-state index in [1.165, 1.54) is 0 Å². The second-order valence-corrected chi connectivity index (χ2v) is 37.1. The summed E-state index contributed by atoms with van der Waals surface area (Å²) < 4.78 is 36.0. The first-order valence-corrected chi connectivity index (χ1v) is 37.8. The number of carbonyl (C=O) groups is 4. The lowest BCUT2D eigenvalue weighted by molar-refractivity contribution is -0.146. The summed E-state index contributed by atoms with van der Waals surface area (Å²) in [5, 5.41) is 26.0. The van der Waals surface area contributed by atoms with Crippen molar-refractivity contribution < 1.29 is 62.9 Å². The van der Waals surface area contributed by atoms with Crippen LogP contribution in [-0.4, -0.2) is 111 Å². The molecule has 86 heavy (non-hydrogen) atoms. The highest BCUT2D eigenvalue weighted by molar-refractivity contribution is 6.76. The first-order valence-electron chi connectivity index (χ1n) is 30.4. The van der Waals surface area contributed by atoms with E-state index in [-0.39, 0.29) is 48.9 Å². The lowest BCUT2D eigenvalue weighted by atomic mass is 9.97. The summed E-state index contributed by atoms with van der Waals surface area (Å²) >= 11 is 0. The maximum absolute atomic E-state index is 12.9. The second kappa shape index (κ2) is 35.7. The molecule has 0 aliphatic carbocycles. The minimum Gasteiger partial charge on any atom is -0.478 e. The van der Waals surface area contributed by atoms with E-state index >= 15 is 0 Å². The van der Waals surface area contributed by atoms with Crippen molar-refractivity contribution in [2.75, 3.05) is 19.8 Å². The molecule has 3 N–H and O–H groups in total. The Morgan fingerprint density at radius 2 is 0.860 bits per heavy atom. The number of allylic oxidation sites excluding steroid dienone is 1. The van der Waals surface area contributed by atoms with Crippen LogP contribution in [0.2, 0.25) is 51.4 Å². The van der Waals surface area contributed by atoms with Crippen LogP contribution >= 0.6 is 0 Å². The number of rotatable bonds is 24. The van der Waals surface area contributed by atoms with Crippen molar-refractivity contribution in [3.8, 4) is 0 Å². The summed E-state index contributed by atoms with van der Waals surface area (Å²) in [5.74, 6) is -2.76. The van der Waals surface area contributed by atoms with E-state index in [2.05, 4.69) is 96.5 Å². The average Bonchev–Trinajstić information content (AvgIpc) is 1.82. The number of ether oxygens (including phenoxy) is 6. The quantitative estimate of drug-likeness (QED) is 0.0342. The molecule has 0 radical (unpaired) electrons. The van der Waals surface area contributed by atoms with Gasteiger partial charge in [-0.2, -0.15) is 0 Å². The number of aromatic carboxylic acids is 2. The molecule has 0 saturated carbocycles. The number of carbonyl (C=O) groups excluding carboxylic acids is 2. The van der Waals surface area contributed by atoms with Crippen LogP contribution in [0.5, 0.6) is 0 Å². The van der Waals surface area contributed by atoms with Crippen LogP contribution in [0.4, 0.5) is 0 Å². The van der Waals surface area contributed by atoms with Crippen LogP contribution in [0, 0.1) is 39.5 Å². The van der Waals surface area contributed by atoms with Gasteiger partial charge >= 0.3 is 23.9 Å². The third-order valence-electron chi connectivity index (χ3n) is 14.1. The van der Waals surface area contributed by atoms with Gasteiger partial charge in [0.25, 0.3) is 0 Å². The Bertz CT molecular complexity index is 2680. The van der Waals surface area contributed by atoms with Gasteiger partial charge in [-0.05, 0) is 152 Å². The van der Waals surface area contributed by atoms with Crippen LogP contribution < -0.4 is 0 Å². The lowest BCUT2D eigenvalue weighted by Gasteiger charge is -2.17. The molecule has 2 aliphatic heterocycles. The zero-order chi connectivity index (χ0) is 64.4. The average molecular weight is 1220 g/mol. The molecule has 0 spiro atoms. The first kappa shape index (κ1) is 74.2. The van der Waals surface area contributed by atoms with Crippen molar-refractivity contribution in [1.29, 1.82) is 0 Å². The van der Waals surface area contributed by atoms with Crippen molar-refractivity contribution in [1.82, 2.24) is 0 Å². The second-order valence-electron chi connectivity index (χ2n) is 25.9. The van der Waals surface area contributed by atoms with Crippen molar-refractivity contribution in [3.05, 3.63) is 177 Å². The van der Waals surface area contributed by atoms with Crippen molar-refractivity contribution >= 4 is 52.2 Å². The predicted molar refractivity (Wildman–Crippen MR) is 354 cm³/mol. The molecule has 2 saturated heterocycles. The molecular weight excluding hydrogens is 1120 g/mol. The van der Waals surface area contributed by atoms with Crippen LogP contribution in [0.1, 0.15) is 155 Å². The van der Waals surface area contributed by atoms with Gasteiger partial charge in [-0.25, -0.2) is 19.2 Å². The topological polar surface area (TPSA) is 184 Å². The fraction of sp³-hybridized carbons (Fsp3) is 0.493. The Morgan fingerprint density at radius 3 is 1.15 bits per heavy atom. The Labute approximate surface area is 516 Å². The van der Waals surface area contributed by atoms with Crippen LogP contribution in [0.25, 0.3) is 12.2 Å². The van der Waals surface area contributed by atoms with Gasteiger partial charge in [-0.1, -0.05) is 187 Å². The maximum Gasteiger partial charge on any atom is 0.338 e. The molecule has 0 aromatic heterocycles. The smallest absolute Gasteiger partial charge is 0.338 e. The van der Waals surface area contributed by atoms with Gasteiger partial charge in [0.2, 0.25) is 0 Å². The fourth-order valence-corrected chi connectivity index (χ4v) is 10.8. The van der Waals surface area contributed by atoms with Gasteiger partial charge in [-0.15, -0.1) is 0 Å². The van der Waals surface area contributed by atoms with Gasteiger partial charge in [0.1, 0.15) is 0 Å². The van der Waals surface area contributed by atoms with Crippen LogP contribution in [0.3, 0.4) is 0 Å². The summed E-state index contributed by atoms with van der Waals surface area (Å²) in [6.07, 6.45) is 20.7. The number of aliphatic hydroxyl groups is 1. The van der Waals surface area contributed by atoms with E-state index in [0.717, 1.165) is 71.2 Å². The minimum absolute atomic E-state index is 0.0187. The monoisotopic (exact) mass is 1220 g/mol. The molecule has 15 heteroatoms. The Kier molecular flexibility index (Phi) is 30.8. The van der Waals surface area contributed by atoms with Crippen molar-refractivity contribution in [2.24, 2.45) is 11.8 Å². The molecule has 2 fully saturated rings. The molecule has 13 nitrogen and oxygen atoms in total.